The first-order valence-electron chi connectivity index (χ1n) is 6.67. The van der Waals surface area contributed by atoms with Crippen LogP contribution < -0.4 is 5.73 Å². The third kappa shape index (κ3) is 2.54. The van der Waals surface area contributed by atoms with Crippen LogP contribution in [0.25, 0.3) is 10.4 Å². The van der Waals surface area contributed by atoms with Gasteiger partial charge in [-0.3, -0.25) is 0 Å². The van der Waals surface area contributed by atoms with Gasteiger partial charge in [-0.15, -0.1) is 0 Å². The topological polar surface area (TPSA) is 99.6 Å². The van der Waals surface area contributed by atoms with E-state index in [1.54, 1.807) is 6.92 Å². The quantitative estimate of drug-likeness (QED) is 0.489. The van der Waals surface area contributed by atoms with Gasteiger partial charge in [0.2, 0.25) is 0 Å². The zero-order chi connectivity index (χ0) is 15.7. The van der Waals surface area contributed by atoms with Gasteiger partial charge in [0.05, 0.1) is 18.1 Å². The smallest absolute Gasteiger partial charge is 0.297 e. The molecule has 116 valence electrons. The summed E-state index contributed by atoms with van der Waals surface area (Å²) in [5.74, 6) is -3.88. The number of hydrogen-bond acceptors (Lipinski definition) is 5. The lowest BCUT2D eigenvalue weighted by atomic mass is 9.84. The van der Waals surface area contributed by atoms with E-state index in [9.17, 15) is 8.78 Å². The minimum atomic E-state index is -3.09. The normalized spacial score (nSPS) is 34.5. The molecule has 0 saturated carbocycles. The molecule has 9 heteroatoms. The number of rotatable bonds is 4. The van der Waals surface area contributed by atoms with Crippen molar-refractivity contribution < 1.29 is 13.5 Å². The lowest BCUT2D eigenvalue weighted by Gasteiger charge is -2.32. The fourth-order valence-electron chi connectivity index (χ4n) is 2.67. The van der Waals surface area contributed by atoms with Crippen LogP contribution in [-0.2, 0) is 4.74 Å². The van der Waals surface area contributed by atoms with Gasteiger partial charge in [0.1, 0.15) is 12.5 Å². The van der Waals surface area contributed by atoms with Crippen LogP contribution in [0.2, 0.25) is 0 Å². The number of aliphatic imine (C=N–C) groups is 1. The fraction of sp³-hybridized carbons (Fsp3) is 0.750. The number of nitrogens with two attached hydrogens (primary N) is 1. The second-order valence-corrected chi connectivity index (χ2v) is 5.23. The molecular formula is C12H18F2N6O. The van der Waals surface area contributed by atoms with Gasteiger partial charge >= 0.3 is 0 Å². The van der Waals surface area contributed by atoms with Crippen LogP contribution in [0.15, 0.2) is 22.4 Å². The molecule has 2 aliphatic heterocycles. The summed E-state index contributed by atoms with van der Waals surface area (Å²) in [4.78, 5) is 7.88. The van der Waals surface area contributed by atoms with Crippen molar-refractivity contribution in [3.63, 3.8) is 0 Å². The molecule has 0 aromatic carbocycles. The summed E-state index contributed by atoms with van der Waals surface area (Å²) in [7, 11) is 0. The molecule has 21 heavy (non-hydrogen) atoms. The monoisotopic (exact) mass is 300 g/mol. The Morgan fingerprint density at radius 1 is 1.67 bits per heavy atom. The Hall–Kier alpha value is -1.86. The molecule has 1 saturated heterocycles. The third-order valence-corrected chi connectivity index (χ3v) is 4.20. The second kappa shape index (κ2) is 5.50. The lowest BCUT2D eigenvalue weighted by molar-refractivity contribution is -0.154. The van der Waals surface area contributed by atoms with Gasteiger partial charge in [-0.25, -0.2) is 13.8 Å². The van der Waals surface area contributed by atoms with Gasteiger partial charge in [-0.2, -0.15) is 0 Å². The van der Waals surface area contributed by atoms with E-state index in [2.05, 4.69) is 15.0 Å². The van der Waals surface area contributed by atoms with Gasteiger partial charge in [0.15, 0.2) is 6.23 Å². The molecule has 0 radical (unpaired) electrons. The average molecular weight is 300 g/mol. The van der Waals surface area contributed by atoms with Crippen molar-refractivity contribution >= 4 is 5.84 Å². The maximum atomic E-state index is 14.6. The van der Waals surface area contributed by atoms with E-state index in [0.29, 0.717) is 6.42 Å². The Bertz CT molecular complexity index is 516. The van der Waals surface area contributed by atoms with Crippen LogP contribution in [0, 0.1) is 5.92 Å². The van der Waals surface area contributed by atoms with Crippen molar-refractivity contribution in [3.8, 4) is 0 Å². The number of hydrogen-bond donors (Lipinski definition) is 1. The van der Waals surface area contributed by atoms with Crippen LogP contribution in [0.3, 0.4) is 0 Å². The highest BCUT2D eigenvalue weighted by Crippen LogP contribution is 2.50. The Balaban J connectivity index is 2.28. The second-order valence-electron chi connectivity index (χ2n) is 5.23. The van der Waals surface area contributed by atoms with Gasteiger partial charge in [0, 0.05) is 11.1 Å². The highest BCUT2D eigenvalue weighted by Gasteiger charge is 2.64. The van der Waals surface area contributed by atoms with E-state index >= 15 is 0 Å². The van der Waals surface area contributed by atoms with E-state index in [0.717, 1.165) is 0 Å². The zero-order valence-electron chi connectivity index (χ0n) is 11.9. The Morgan fingerprint density at radius 3 is 2.90 bits per heavy atom. The first kappa shape index (κ1) is 15.5. The maximum absolute atomic E-state index is 14.6. The maximum Gasteiger partial charge on any atom is 0.297 e. The number of nitrogens with zero attached hydrogens (tertiary/aromatic N) is 5. The van der Waals surface area contributed by atoms with E-state index in [4.69, 9.17) is 16.0 Å². The number of azide groups is 1. The standard InChI is InChI=1S/C12H18F2N6O/c1-3-11(6-18-19-16)8(2)12(13,14)10(21-11)20-5-4-9(15)17-7-20/h4-5,8,10H,3,6-7H2,1-2H3,(H2,15,17)/t8-,10-,11+/m1/s1. The van der Waals surface area contributed by atoms with Crippen molar-refractivity contribution in [2.24, 2.45) is 21.8 Å². The van der Waals surface area contributed by atoms with Gasteiger partial charge < -0.3 is 15.4 Å². The van der Waals surface area contributed by atoms with Gasteiger partial charge in [-0.1, -0.05) is 19.0 Å². The summed E-state index contributed by atoms with van der Waals surface area (Å²) in [6, 6.07) is 0. The molecule has 2 rings (SSSR count). The summed E-state index contributed by atoms with van der Waals surface area (Å²) in [6.07, 6.45) is 1.77. The van der Waals surface area contributed by atoms with E-state index < -0.39 is 23.7 Å². The van der Waals surface area contributed by atoms with Crippen LogP contribution in [0.4, 0.5) is 8.78 Å². The number of halogens is 2. The first-order valence-corrected chi connectivity index (χ1v) is 6.67. The van der Waals surface area contributed by atoms with Crippen LogP contribution in [0.1, 0.15) is 20.3 Å². The summed E-state index contributed by atoms with van der Waals surface area (Å²) in [5.41, 5.74) is 12.8. The highest BCUT2D eigenvalue weighted by molar-refractivity contribution is 5.91. The van der Waals surface area contributed by atoms with Crippen LogP contribution in [0.5, 0.6) is 0 Å². The summed E-state index contributed by atoms with van der Waals surface area (Å²) in [5, 5.41) is 3.44. The van der Waals surface area contributed by atoms with Crippen LogP contribution >= 0.6 is 0 Å². The average Bonchev–Trinajstić information content (AvgIpc) is 2.67. The molecule has 0 aromatic rings. The lowest BCUT2D eigenvalue weighted by Crippen LogP contribution is -2.46. The van der Waals surface area contributed by atoms with E-state index in [-0.39, 0.29) is 19.0 Å². The number of ether oxygens (including phenoxy) is 1. The molecule has 0 bridgehead atoms. The minimum absolute atomic E-state index is 0.0105. The summed E-state index contributed by atoms with van der Waals surface area (Å²) < 4.78 is 34.8. The Labute approximate surface area is 121 Å². The van der Waals surface area contributed by atoms with Crippen molar-refractivity contribution in [1.29, 1.82) is 0 Å². The predicted molar refractivity (Wildman–Crippen MR) is 73.5 cm³/mol. The molecule has 0 unspecified atom stereocenters. The minimum Gasteiger partial charge on any atom is -0.384 e. The Kier molecular flexibility index (Phi) is 4.06. The summed E-state index contributed by atoms with van der Waals surface area (Å²) in [6.45, 7) is 3.04. The van der Waals surface area contributed by atoms with Crippen LogP contribution in [-0.4, -0.2) is 41.7 Å². The molecule has 0 aromatic heterocycles. The molecular weight excluding hydrogens is 282 g/mol. The summed E-state index contributed by atoms with van der Waals surface area (Å²) >= 11 is 0. The zero-order valence-corrected chi connectivity index (χ0v) is 11.9. The van der Waals surface area contributed by atoms with Crippen molar-refractivity contribution in [2.75, 3.05) is 13.2 Å². The Morgan fingerprint density at radius 2 is 2.38 bits per heavy atom. The van der Waals surface area contributed by atoms with Crippen molar-refractivity contribution in [1.82, 2.24) is 4.90 Å². The first-order chi connectivity index (χ1) is 9.87. The molecule has 1 fully saturated rings. The van der Waals surface area contributed by atoms with E-state index in [1.807, 2.05) is 0 Å². The fourth-order valence-corrected chi connectivity index (χ4v) is 2.67. The molecule has 3 atom stereocenters. The molecule has 0 spiro atoms. The van der Waals surface area contributed by atoms with Crippen molar-refractivity contribution in [2.45, 2.75) is 38.0 Å². The molecule has 2 N–H and O–H groups in total. The van der Waals surface area contributed by atoms with Crippen molar-refractivity contribution in [3.05, 3.63) is 22.7 Å². The predicted octanol–water partition coefficient (Wildman–Crippen LogP) is 2.22. The van der Waals surface area contributed by atoms with Gasteiger partial charge in [0.25, 0.3) is 5.92 Å². The van der Waals surface area contributed by atoms with E-state index in [1.165, 1.54) is 24.1 Å². The molecule has 7 nitrogen and oxygen atoms in total. The molecule has 2 heterocycles. The number of alkyl halides is 2. The largest absolute Gasteiger partial charge is 0.384 e. The molecule has 2 aliphatic rings. The van der Waals surface area contributed by atoms with Gasteiger partial charge in [-0.05, 0) is 18.0 Å². The molecule has 0 aliphatic carbocycles. The molecule has 0 amide bonds. The highest BCUT2D eigenvalue weighted by atomic mass is 19.3. The SMILES string of the molecule is CC[C@@]1(CN=[N+]=[N-])O[C@@H](N2C=CC(N)=NC2)C(F)(F)[C@@H]1C. The third-order valence-electron chi connectivity index (χ3n) is 4.20. The number of amidine groups is 1.